The summed E-state index contributed by atoms with van der Waals surface area (Å²) in [5.41, 5.74) is 7.91. The van der Waals surface area contributed by atoms with Crippen LogP contribution in [-0.4, -0.2) is 56.8 Å². The first-order valence-corrected chi connectivity index (χ1v) is 8.99. The van der Waals surface area contributed by atoms with Crippen LogP contribution in [0.2, 0.25) is 0 Å². The quantitative estimate of drug-likeness (QED) is 0.868. The summed E-state index contributed by atoms with van der Waals surface area (Å²) < 4.78 is 2.32. The van der Waals surface area contributed by atoms with Crippen molar-refractivity contribution in [1.82, 2.24) is 19.4 Å². The van der Waals surface area contributed by atoms with Gasteiger partial charge < -0.3 is 15.2 Å². The summed E-state index contributed by atoms with van der Waals surface area (Å²) in [5, 5.41) is 0. The highest BCUT2D eigenvalue weighted by atomic mass is 16.2. The Morgan fingerprint density at radius 3 is 2.79 bits per heavy atom. The molecular weight excluding hydrogens is 306 g/mol. The van der Waals surface area contributed by atoms with Crippen LogP contribution in [0, 0.1) is 0 Å². The highest BCUT2D eigenvalue weighted by molar-refractivity contribution is 5.87. The van der Waals surface area contributed by atoms with Crippen molar-refractivity contribution in [1.29, 1.82) is 0 Å². The van der Waals surface area contributed by atoms with Gasteiger partial charge in [-0.25, -0.2) is 4.98 Å². The SMILES string of the molecule is NC(=O)[C@@H]1CCCCN1C(=O)CN1CCc2c(ncn2C2CC2)C1. The third kappa shape index (κ3) is 2.92. The van der Waals surface area contributed by atoms with E-state index < -0.39 is 6.04 Å². The van der Waals surface area contributed by atoms with Crippen molar-refractivity contribution in [2.45, 2.75) is 57.2 Å². The number of hydrogen-bond acceptors (Lipinski definition) is 4. The molecule has 0 radical (unpaired) electrons. The van der Waals surface area contributed by atoms with Crippen molar-refractivity contribution in [2.24, 2.45) is 5.73 Å². The van der Waals surface area contributed by atoms with Gasteiger partial charge in [0, 0.05) is 37.8 Å². The van der Waals surface area contributed by atoms with E-state index in [-0.39, 0.29) is 11.8 Å². The molecule has 4 rings (SSSR count). The van der Waals surface area contributed by atoms with Crippen molar-refractivity contribution in [3.05, 3.63) is 17.7 Å². The van der Waals surface area contributed by atoms with E-state index in [0.717, 1.165) is 38.0 Å². The van der Waals surface area contributed by atoms with Crippen LogP contribution in [0.15, 0.2) is 6.33 Å². The predicted molar refractivity (Wildman–Crippen MR) is 88.0 cm³/mol. The van der Waals surface area contributed by atoms with E-state index in [4.69, 9.17) is 5.73 Å². The van der Waals surface area contributed by atoms with Crippen molar-refractivity contribution in [2.75, 3.05) is 19.6 Å². The lowest BCUT2D eigenvalue weighted by molar-refractivity contribution is -0.142. The number of nitrogens with two attached hydrogens (primary N) is 1. The van der Waals surface area contributed by atoms with Crippen molar-refractivity contribution >= 4 is 11.8 Å². The molecule has 3 aliphatic rings. The van der Waals surface area contributed by atoms with E-state index in [2.05, 4.69) is 14.5 Å². The molecule has 7 heteroatoms. The lowest BCUT2D eigenvalue weighted by Gasteiger charge is -2.36. The number of primary amides is 1. The van der Waals surface area contributed by atoms with Crippen molar-refractivity contribution < 1.29 is 9.59 Å². The van der Waals surface area contributed by atoms with Gasteiger partial charge >= 0.3 is 0 Å². The Morgan fingerprint density at radius 2 is 2.04 bits per heavy atom. The number of likely N-dealkylation sites (tertiary alicyclic amines) is 1. The number of carbonyl (C=O) groups is 2. The van der Waals surface area contributed by atoms with Crippen LogP contribution in [0.4, 0.5) is 0 Å². The van der Waals surface area contributed by atoms with Crippen LogP contribution in [0.5, 0.6) is 0 Å². The predicted octanol–water partition coefficient (Wildman–Crippen LogP) is 0.442. The second-order valence-electron chi connectivity index (χ2n) is 7.24. The standard InChI is InChI=1S/C17H25N5O2/c18-17(24)15-3-1-2-7-21(15)16(23)10-20-8-6-14-13(9-20)19-11-22(14)12-4-5-12/h11-12,15H,1-10H2,(H2,18,24)/t15-/m0/s1. The molecule has 1 aromatic rings. The number of amides is 2. The number of hydrogen-bond donors (Lipinski definition) is 1. The molecule has 2 aliphatic heterocycles. The Morgan fingerprint density at radius 1 is 1.21 bits per heavy atom. The zero-order valence-electron chi connectivity index (χ0n) is 14.0. The average Bonchev–Trinajstić information content (AvgIpc) is 3.34. The molecule has 1 aromatic heterocycles. The summed E-state index contributed by atoms with van der Waals surface area (Å²) in [6, 6.07) is 0.222. The van der Waals surface area contributed by atoms with E-state index in [1.807, 2.05) is 6.33 Å². The van der Waals surface area contributed by atoms with E-state index >= 15 is 0 Å². The minimum atomic E-state index is -0.430. The molecule has 2 fully saturated rings. The highest BCUT2D eigenvalue weighted by Crippen LogP contribution is 2.37. The summed E-state index contributed by atoms with van der Waals surface area (Å²) >= 11 is 0. The third-order valence-electron chi connectivity index (χ3n) is 5.47. The maximum absolute atomic E-state index is 12.7. The van der Waals surface area contributed by atoms with Crippen LogP contribution in [0.3, 0.4) is 0 Å². The lowest BCUT2D eigenvalue weighted by atomic mass is 10.0. The molecule has 130 valence electrons. The molecule has 2 N–H and O–H groups in total. The minimum Gasteiger partial charge on any atom is -0.368 e. The van der Waals surface area contributed by atoms with Gasteiger partial charge in [0.05, 0.1) is 18.6 Å². The Labute approximate surface area is 141 Å². The first kappa shape index (κ1) is 15.6. The summed E-state index contributed by atoms with van der Waals surface area (Å²) in [4.78, 5) is 32.6. The first-order chi connectivity index (χ1) is 11.6. The van der Waals surface area contributed by atoms with Gasteiger partial charge in [0.2, 0.25) is 11.8 Å². The molecule has 0 unspecified atom stereocenters. The molecule has 1 aliphatic carbocycles. The number of nitrogens with zero attached hydrogens (tertiary/aromatic N) is 4. The first-order valence-electron chi connectivity index (χ1n) is 8.99. The maximum Gasteiger partial charge on any atom is 0.240 e. The van der Waals surface area contributed by atoms with Gasteiger partial charge in [-0.2, -0.15) is 0 Å². The second-order valence-corrected chi connectivity index (χ2v) is 7.24. The topological polar surface area (TPSA) is 84.5 Å². The van der Waals surface area contributed by atoms with Gasteiger partial charge in [0.25, 0.3) is 0 Å². The number of imidazole rings is 1. The lowest BCUT2D eigenvalue weighted by Crippen LogP contribution is -2.53. The number of carbonyl (C=O) groups excluding carboxylic acids is 2. The van der Waals surface area contributed by atoms with Gasteiger partial charge in [-0.15, -0.1) is 0 Å². The van der Waals surface area contributed by atoms with E-state index in [1.165, 1.54) is 18.5 Å². The summed E-state index contributed by atoms with van der Waals surface area (Å²) in [7, 11) is 0. The van der Waals surface area contributed by atoms with Crippen molar-refractivity contribution in [3.8, 4) is 0 Å². The molecular formula is C17H25N5O2. The fraction of sp³-hybridized carbons (Fsp3) is 0.706. The van der Waals surface area contributed by atoms with E-state index in [9.17, 15) is 9.59 Å². The Kier molecular flexibility index (Phi) is 4.04. The summed E-state index contributed by atoms with van der Waals surface area (Å²) in [6.07, 6.45) is 8.02. The molecule has 7 nitrogen and oxygen atoms in total. The Hall–Kier alpha value is -1.89. The zero-order valence-corrected chi connectivity index (χ0v) is 14.0. The summed E-state index contributed by atoms with van der Waals surface area (Å²) in [6.45, 7) is 2.57. The summed E-state index contributed by atoms with van der Waals surface area (Å²) in [5.74, 6) is -0.365. The zero-order chi connectivity index (χ0) is 16.7. The molecule has 2 amide bonds. The fourth-order valence-electron chi connectivity index (χ4n) is 4.00. The fourth-order valence-corrected chi connectivity index (χ4v) is 4.00. The normalized spacial score (nSPS) is 24.7. The van der Waals surface area contributed by atoms with E-state index in [0.29, 0.717) is 25.6 Å². The van der Waals surface area contributed by atoms with Crippen LogP contribution in [-0.2, 0) is 22.6 Å². The molecule has 1 saturated carbocycles. The average molecular weight is 331 g/mol. The molecule has 0 spiro atoms. The van der Waals surface area contributed by atoms with Crippen LogP contribution >= 0.6 is 0 Å². The van der Waals surface area contributed by atoms with Crippen molar-refractivity contribution in [3.63, 3.8) is 0 Å². The molecule has 24 heavy (non-hydrogen) atoms. The Balaban J connectivity index is 1.40. The smallest absolute Gasteiger partial charge is 0.240 e. The molecule has 1 atom stereocenters. The van der Waals surface area contributed by atoms with Gasteiger partial charge in [-0.3, -0.25) is 14.5 Å². The van der Waals surface area contributed by atoms with Gasteiger partial charge in [0.15, 0.2) is 0 Å². The van der Waals surface area contributed by atoms with Gasteiger partial charge in [0.1, 0.15) is 6.04 Å². The number of fused-ring (bicyclic) bond motifs is 1. The minimum absolute atomic E-state index is 0.0172. The van der Waals surface area contributed by atoms with Crippen LogP contribution in [0.1, 0.15) is 49.5 Å². The molecule has 1 saturated heterocycles. The van der Waals surface area contributed by atoms with Crippen LogP contribution < -0.4 is 5.73 Å². The number of piperidine rings is 1. The molecule has 3 heterocycles. The van der Waals surface area contributed by atoms with Gasteiger partial charge in [-0.1, -0.05) is 0 Å². The molecule has 0 aromatic carbocycles. The number of rotatable bonds is 4. The van der Waals surface area contributed by atoms with Gasteiger partial charge in [-0.05, 0) is 32.1 Å². The molecule has 0 bridgehead atoms. The van der Waals surface area contributed by atoms with E-state index in [1.54, 1.807) is 4.90 Å². The third-order valence-corrected chi connectivity index (χ3v) is 5.47. The monoisotopic (exact) mass is 331 g/mol. The second kappa shape index (κ2) is 6.20. The highest BCUT2D eigenvalue weighted by Gasteiger charge is 2.33. The maximum atomic E-state index is 12.7. The number of aromatic nitrogens is 2. The largest absolute Gasteiger partial charge is 0.368 e. The Bertz CT molecular complexity index is 651. The van der Waals surface area contributed by atoms with Crippen LogP contribution in [0.25, 0.3) is 0 Å².